The molecule has 2 rings (SSSR count). The Bertz CT molecular complexity index is 940. The maximum atomic E-state index is 5.69. The monoisotopic (exact) mass is 530 g/mol. The minimum Gasteiger partial charge on any atom is -0.399 e. The van der Waals surface area contributed by atoms with Gasteiger partial charge >= 0.3 is 0 Å². The van der Waals surface area contributed by atoms with E-state index in [4.69, 9.17) is 45.4 Å². The standard InChI is InChI=1S/C16H17N3OS.C10H21N3OS/c17-15(18-11-13-7-3-1-4-8-13)20-16(21)19-12-14-9-5-2-6-10-14;1-3-5-7-12-9(11)14-10(15)13-8-6-4-2/h1-10H,11-12H2,(H2,17,18)(H,19,21);3-8H2,1-2H3,(H2,11,12)(H,13,15). The molecule has 0 aliphatic heterocycles. The van der Waals surface area contributed by atoms with Crippen LogP contribution in [0.3, 0.4) is 0 Å². The first kappa shape index (κ1) is 30.8. The van der Waals surface area contributed by atoms with Gasteiger partial charge in [-0.2, -0.15) is 0 Å². The van der Waals surface area contributed by atoms with E-state index in [1.54, 1.807) is 0 Å². The van der Waals surface area contributed by atoms with Crippen LogP contribution in [0.2, 0.25) is 0 Å². The van der Waals surface area contributed by atoms with Crippen molar-refractivity contribution < 1.29 is 9.47 Å². The van der Waals surface area contributed by atoms with Crippen molar-refractivity contribution in [3.05, 3.63) is 71.8 Å². The van der Waals surface area contributed by atoms with Gasteiger partial charge in [-0.05, 0) is 48.4 Å². The van der Waals surface area contributed by atoms with E-state index < -0.39 is 0 Å². The van der Waals surface area contributed by atoms with Crippen molar-refractivity contribution in [1.29, 1.82) is 0 Å². The van der Waals surface area contributed by atoms with Crippen molar-refractivity contribution in [1.82, 2.24) is 10.6 Å². The highest BCUT2D eigenvalue weighted by Crippen LogP contribution is 2.01. The Morgan fingerprint density at radius 3 is 1.86 bits per heavy atom. The van der Waals surface area contributed by atoms with Crippen molar-refractivity contribution >= 4 is 46.8 Å². The third-order valence-corrected chi connectivity index (χ3v) is 4.97. The SMILES string of the molecule is CCCCN=C(N)OC(=S)NCCCC.NC(=NCc1ccccc1)OC(=S)NCc1ccccc1. The molecule has 0 saturated heterocycles. The van der Waals surface area contributed by atoms with Gasteiger partial charge in [-0.3, -0.25) is 0 Å². The number of nitrogens with two attached hydrogens (primary N) is 2. The Hall–Kier alpha value is -3.24. The number of ether oxygens (including phenoxy) is 2. The lowest BCUT2D eigenvalue weighted by Gasteiger charge is -2.08. The van der Waals surface area contributed by atoms with Gasteiger partial charge in [0.15, 0.2) is 0 Å². The molecule has 10 heteroatoms. The number of amidine groups is 2. The number of hydrogen-bond donors (Lipinski definition) is 4. The molecule has 0 aliphatic rings. The largest absolute Gasteiger partial charge is 0.399 e. The number of hydrogen-bond acceptors (Lipinski definition) is 6. The minimum atomic E-state index is 0.0596. The average molecular weight is 531 g/mol. The molecule has 0 aromatic heterocycles. The lowest BCUT2D eigenvalue weighted by atomic mass is 10.2. The second-order valence-electron chi connectivity index (χ2n) is 7.61. The van der Waals surface area contributed by atoms with Crippen LogP contribution in [0.5, 0.6) is 0 Å². The Balaban J connectivity index is 0.000000384. The average Bonchev–Trinajstić information content (AvgIpc) is 2.88. The first-order chi connectivity index (χ1) is 17.4. The van der Waals surface area contributed by atoms with Crippen LogP contribution >= 0.6 is 24.4 Å². The lowest BCUT2D eigenvalue weighted by molar-refractivity contribution is 0.510. The molecule has 8 nitrogen and oxygen atoms in total. The predicted octanol–water partition coefficient (Wildman–Crippen LogP) is 4.39. The summed E-state index contributed by atoms with van der Waals surface area (Å²) < 4.78 is 10.3. The molecular formula is C26H38N6O2S2. The molecular weight excluding hydrogens is 492 g/mol. The molecule has 0 heterocycles. The quantitative estimate of drug-likeness (QED) is 0.155. The lowest BCUT2D eigenvalue weighted by Crippen LogP contribution is -2.30. The molecule has 0 amide bonds. The molecule has 6 N–H and O–H groups in total. The predicted molar refractivity (Wildman–Crippen MR) is 157 cm³/mol. The third kappa shape index (κ3) is 16.4. The maximum absolute atomic E-state index is 5.69. The summed E-state index contributed by atoms with van der Waals surface area (Å²) in [5.74, 6) is 0. The summed E-state index contributed by atoms with van der Waals surface area (Å²) in [5, 5.41) is 6.45. The van der Waals surface area contributed by atoms with Gasteiger partial charge in [0.05, 0.1) is 6.54 Å². The van der Waals surface area contributed by atoms with Gasteiger partial charge in [0.2, 0.25) is 0 Å². The van der Waals surface area contributed by atoms with E-state index in [-0.39, 0.29) is 17.2 Å². The molecule has 0 fully saturated rings. The fourth-order valence-corrected chi connectivity index (χ4v) is 2.91. The molecule has 0 bridgehead atoms. The number of benzene rings is 2. The molecule has 0 saturated carbocycles. The van der Waals surface area contributed by atoms with Gasteiger partial charge in [0.25, 0.3) is 22.4 Å². The zero-order valence-electron chi connectivity index (χ0n) is 21.1. The number of unbranched alkanes of at least 4 members (excludes halogenated alkanes) is 2. The number of nitrogens with zero attached hydrogens (tertiary/aromatic N) is 2. The summed E-state index contributed by atoms with van der Waals surface area (Å²) in [7, 11) is 0. The van der Waals surface area contributed by atoms with Crippen LogP contribution < -0.4 is 22.1 Å². The smallest absolute Gasteiger partial charge is 0.289 e. The number of nitrogens with one attached hydrogen (secondary N) is 2. The van der Waals surface area contributed by atoms with Crippen LogP contribution in [0.4, 0.5) is 0 Å². The summed E-state index contributed by atoms with van der Waals surface area (Å²) in [6, 6.07) is 19.9. The Labute approximate surface area is 225 Å². The highest BCUT2D eigenvalue weighted by atomic mass is 32.1. The van der Waals surface area contributed by atoms with E-state index in [2.05, 4.69) is 34.5 Å². The summed E-state index contributed by atoms with van der Waals surface area (Å²) in [6.07, 6.45) is 4.29. The second-order valence-corrected chi connectivity index (χ2v) is 8.35. The highest BCUT2D eigenvalue weighted by Gasteiger charge is 2.01. The van der Waals surface area contributed by atoms with Crippen LogP contribution in [-0.4, -0.2) is 35.5 Å². The normalized spacial score (nSPS) is 11.1. The van der Waals surface area contributed by atoms with E-state index in [1.165, 1.54) is 0 Å². The van der Waals surface area contributed by atoms with Gasteiger partial charge in [-0.1, -0.05) is 87.4 Å². The highest BCUT2D eigenvalue weighted by molar-refractivity contribution is 7.80. The van der Waals surface area contributed by atoms with E-state index in [0.29, 0.717) is 24.8 Å². The maximum Gasteiger partial charge on any atom is 0.289 e. The fourth-order valence-electron chi connectivity index (χ4n) is 2.56. The molecule has 2 aromatic carbocycles. The van der Waals surface area contributed by atoms with E-state index in [0.717, 1.165) is 43.4 Å². The van der Waals surface area contributed by atoms with Crippen LogP contribution in [0.25, 0.3) is 0 Å². The topological polar surface area (TPSA) is 119 Å². The first-order valence-corrected chi connectivity index (χ1v) is 12.8. The van der Waals surface area contributed by atoms with Gasteiger partial charge in [0.1, 0.15) is 0 Å². The molecule has 0 unspecified atom stereocenters. The summed E-state index contributed by atoms with van der Waals surface area (Å²) in [5.41, 5.74) is 13.4. The number of aliphatic imine (C=N–C) groups is 2. The molecule has 0 aliphatic carbocycles. The first-order valence-electron chi connectivity index (χ1n) is 12.0. The van der Waals surface area contributed by atoms with Crippen molar-refractivity contribution in [3.63, 3.8) is 0 Å². The molecule has 0 atom stereocenters. The van der Waals surface area contributed by atoms with Gasteiger partial charge in [0, 0.05) is 19.6 Å². The molecule has 0 radical (unpaired) electrons. The second kappa shape index (κ2) is 20.0. The van der Waals surface area contributed by atoms with Crippen molar-refractivity contribution in [2.45, 2.75) is 52.6 Å². The number of rotatable bonds is 10. The zero-order chi connectivity index (χ0) is 26.4. The summed E-state index contributed by atoms with van der Waals surface area (Å²) in [4.78, 5) is 8.16. The Morgan fingerprint density at radius 1 is 0.750 bits per heavy atom. The Morgan fingerprint density at radius 2 is 1.28 bits per heavy atom. The van der Waals surface area contributed by atoms with E-state index in [1.807, 2.05) is 60.7 Å². The molecule has 196 valence electrons. The van der Waals surface area contributed by atoms with Gasteiger partial charge in [-0.15, -0.1) is 0 Å². The van der Waals surface area contributed by atoms with Crippen molar-refractivity contribution in [3.8, 4) is 0 Å². The zero-order valence-corrected chi connectivity index (χ0v) is 22.7. The summed E-state index contributed by atoms with van der Waals surface area (Å²) >= 11 is 9.99. The van der Waals surface area contributed by atoms with E-state index in [9.17, 15) is 0 Å². The van der Waals surface area contributed by atoms with Crippen LogP contribution in [0, 0.1) is 0 Å². The fraction of sp³-hybridized carbons (Fsp3) is 0.385. The molecule has 36 heavy (non-hydrogen) atoms. The van der Waals surface area contributed by atoms with Gasteiger partial charge in [-0.25, -0.2) is 9.98 Å². The van der Waals surface area contributed by atoms with Crippen LogP contribution in [0.15, 0.2) is 70.6 Å². The van der Waals surface area contributed by atoms with E-state index >= 15 is 0 Å². The van der Waals surface area contributed by atoms with Crippen molar-refractivity contribution in [2.24, 2.45) is 21.5 Å². The van der Waals surface area contributed by atoms with Crippen LogP contribution in [0.1, 0.15) is 50.7 Å². The molecule has 0 spiro atoms. The third-order valence-electron chi connectivity index (χ3n) is 4.51. The van der Waals surface area contributed by atoms with Gasteiger partial charge < -0.3 is 31.6 Å². The summed E-state index contributed by atoms with van der Waals surface area (Å²) in [6.45, 7) is 6.78. The molecule has 2 aromatic rings. The minimum absolute atomic E-state index is 0.0596. The van der Waals surface area contributed by atoms with Crippen LogP contribution in [-0.2, 0) is 22.6 Å². The Kier molecular flexibility index (Phi) is 17.1. The number of thiocarbonyl (C=S) groups is 2. The van der Waals surface area contributed by atoms with Crippen molar-refractivity contribution in [2.75, 3.05) is 13.1 Å².